The Hall–Kier alpha value is -3.39. The molecular weight excluding hydrogens is 382 g/mol. The van der Waals surface area contributed by atoms with Crippen LogP contribution in [0.2, 0.25) is 5.02 Å². The highest BCUT2D eigenvalue weighted by atomic mass is 35.5. The Morgan fingerprint density at radius 1 is 0.857 bits per heavy atom. The van der Waals surface area contributed by atoms with Crippen LogP contribution in [0.25, 0.3) is 0 Å². The summed E-state index contributed by atoms with van der Waals surface area (Å²) in [5, 5.41) is 6.71. The van der Waals surface area contributed by atoms with Crippen LogP contribution >= 0.6 is 11.6 Å². The van der Waals surface area contributed by atoms with Crippen molar-refractivity contribution in [2.24, 2.45) is 0 Å². The zero-order chi connectivity index (χ0) is 20.1. The Balaban J connectivity index is 1.88. The third-order valence-corrected chi connectivity index (χ3v) is 4.26. The first kappa shape index (κ1) is 19.4. The van der Waals surface area contributed by atoms with Gasteiger partial charge >= 0.3 is 0 Å². The summed E-state index contributed by atoms with van der Waals surface area (Å²) in [5.74, 6) is 2.66. The molecule has 0 unspecified atom stereocenters. The monoisotopic (exact) mass is 401 g/mol. The standard InChI is InChI=1S/C19H20ClN5O3/c1-26-12-6-4-11(5-7-12)24-18-17(21)19(23-10-22-18)25-14-8-13(20)15(27-2)9-16(14)28-3/h4-10H,21H2,1-3H3,(H2,22,23,24,25). The van der Waals surface area contributed by atoms with E-state index in [0.717, 1.165) is 11.4 Å². The van der Waals surface area contributed by atoms with E-state index in [0.29, 0.717) is 39.5 Å². The van der Waals surface area contributed by atoms with Crippen LogP contribution in [0, 0.1) is 0 Å². The summed E-state index contributed by atoms with van der Waals surface area (Å²) in [5.41, 5.74) is 7.99. The molecule has 28 heavy (non-hydrogen) atoms. The lowest BCUT2D eigenvalue weighted by Gasteiger charge is -2.16. The predicted octanol–water partition coefficient (Wildman–Crippen LogP) is 4.23. The normalized spacial score (nSPS) is 10.3. The van der Waals surface area contributed by atoms with E-state index in [4.69, 9.17) is 31.5 Å². The molecule has 2 aromatic carbocycles. The Kier molecular flexibility index (Phi) is 5.90. The maximum Gasteiger partial charge on any atom is 0.159 e. The van der Waals surface area contributed by atoms with Gasteiger partial charge in [0, 0.05) is 11.8 Å². The van der Waals surface area contributed by atoms with Crippen LogP contribution in [0.5, 0.6) is 17.2 Å². The van der Waals surface area contributed by atoms with Crippen LogP contribution in [-0.2, 0) is 0 Å². The minimum atomic E-state index is 0.340. The average Bonchev–Trinajstić information content (AvgIpc) is 2.71. The molecule has 0 saturated carbocycles. The number of nitrogen functional groups attached to an aromatic ring is 1. The van der Waals surface area contributed by atoms with E-state index in [9.17, 15) is 0 Å². The molecule has 3 aromatic rings. The highest BCUT2D eigenvalue weighted by molar-refractivity contribution is 6.32. The van der Waals surface area contributed by atoms with E-state index in [-0.39, 0.29) is 0 Å². The van der Waals surface area contributed by atoms with Gasteiger partial charge in [-0.25, -0.2) is 9.97 Å². The van der Waals surface area contributed by atoms with Crippen molar-refractivity contribution >= 4 is 40.3 Å². The highest BCUT2D eigenvalue weighted by Crippen LogP contribution is 2.38. The first-order chi connectivity index (χ1) is 13.5. The van der Waals surface area contributed by atoms with E-state index >= 15 is 0 Å². The molecule has 0 radical (unpaired) electrons. The first-order valence-corrected chi connectivity index (χ1v) is 8.63. The fourth-order valence-corrected chi connectivity index (χ4v) is 2.73. The molecule has 0 fully saturated rings. The summed E-state index contributed by atoms with van der Waals surface area (Å²) in [4.78, 5) is 8.42. The molecule has 146 valence electrons. The molecule has 8 nitrogen and oxygen atoms in total. The maximum atomic E-state index is 6.25. The van der Waals surface area contributed by atoms with Gasteiger partial charge < -0.3 is 30.6 Å². The molecule has 0 aliphatic rings. The number of anilines is 5. The number of hydrogen-bond acceptors (Lipinski definition) is 8. The molecule has 0 aliphatic heterocycles. The van der Waals surface area contributed by atoms with Gasteiger partial charge in [0.05, 0.1) is 32.0 Å². The van der Waals surface area contributed by atoms with Crippen molar-refractivity contribution in [2.75, 3.05) is 37.7 Å². The van der Waals surface area contributed by atoms with Gasteiger partial charge in [-0.1, -0.05) is 11.6 Å². The van der Waals surface area contributed by atoms with Gasteiger partial charge in [0.15, 0.2) is 11.6 Å². The number of halogens is 1. The Morgan fingerprint density at radius 2 is 1.50 bits per heavy atom. The summed E-state index contributed by atoms with van der Waals surface area (Å²) in [7, 11) is 4.70. The molecule has 0 atom stereocenters. The fourth-order valence-electron chi connectivity index (χ4n) is 2.49. The van der Waals surface area contributed by atoms with Crippen molar-refractivity contribution in [2.45, 2.75) is 0 Å². The number of hydrogen-bond donors (Lipinski definition) is 3. The summed E-state index contributed by atoms with van der Waals surface area (Å²) < 4.78 is 15.8. The quantitative estimate of drug-likeness (QED) is 0.540. The fraction of sp³-hybridized carbons (Fsp3) is 0.158. The molecule has 1 heterocycles. The Labute approximate surface area is 167 Å². The topological polar surface area (TPSA) is 104 Å². The van der Waals surface area contributed by atoms with Gasteiger partial charge in [-0.3, -0.25) is 0 Å². The van der Waals surface area contributed by atoms with Gasteiger partial charge in [0.1, 0.15) is 29.3 Å². The summed E-state index contributed by atoms with van der Waals surface area (Å²) in [6.45, 7) is 0. The second kappa shape index (κ2) is 8.53. The third-order valence-electron chi connectivity index (χ3n) is 3.96. The second-order valence-corrected chi connectivity index (χ2v) is 6.06. The van der Waals surface area contributed by atoms with Crippen LogP contribution in [0.3, 0.4) is 0 Å². The largest absolute Gasteiger partial charge is 0.497 e. The van der Waals surface area contributed by atoms with E-state index in [1.165, 1.54) is 13.4 Å². The van der Waals surface area contributed by atoms with E-state index in [1.807, 2.05) is 24.3 Å². The van der Waals surface area contributed by atoms with Crippen LogP contribution in [0.1, 0.15) is 0 Å². The number of ether oxygens (including phenoxy) is 3. The molecular formula is C19H20ClN5O3. The van der Waals surface area contributed by atoms with Crippen LogP contribution in [-0.4, -0.2) is 31.3 Å². The molecule has 9 heteroatoms. The van der Waals surface area contributed by atoms with Crippen LogP contribution in [0.4, 0.5) is 28.7 Å². The Bertz CT molecular complexity index is 967. The molecule has 0 bridgehead atoms. The van der Waals surface area contributed by atoms with Gasteiger partial charge in [-0.05, 0) is 30.3 Å². The second-order valence-electron chi connectivity index (χ2n) is 5.65. The van der Waals surface area contributed by atoms with Crippen molar-refractivity contribution in [3.8, 4) is 17.2 Å². The zero-order valence-corrected chi connectivity index (χ0v) is 16.4. The Morgan fingerprint density at radius 3 is 2.11 bits per heavy atom. The van der Waals surface area contributed by atoms with Crippen molar-refractivity contribution < 1.29 is 14.2 Å². The van der Waals surface area contributed by atoms with Gasteiger partial charge in [0.2, 0.25) is 0 Å². The first-order valence-electron chi connectivity index (χ1n) is 8.25. The van der Waals surface area contributed by atoms with Gasteiger partial charge in [-0.2, -0.15) is 0 Å². The summed E-state index contributed by atoms with van der Waals surface area (Å²) in [6.07, 6.45) is 1.40. The van der Waals surface area contributed by atoms with Crippen LogP contribution < -0.4 is 30.6 Å². The van der Waals surface area contributed by atoms with Crippen molar-refractivity contribution in [1.82, 2.24) is 9.97 Å². The van der Waals surface area contributed by atoms with Crippen LogP contribution in [0.15, 0.2) is 42.7 Å². The number of rotatable bonds is 7. The van der Waals surface area contributed by atoms with Crippen molar-refractivity contribution in [3.05, 3.63) is 47.7 Å². The minimum absolute atomic E-state index is 0.340. The molecule has 0 spiro atoms. The summed E-state index contributed by atoms with van der Waals surface area (Å²) in [6, 6.07) is 10.8. The number of nitrogens with one attached hydrogen (secondary N) is 2. The van der Waals surface area contributed by atoms with E-state index in [2.05, 4.69) is 20.6 Å². The molecule has 0 aliphatic carbocycles. The zero-order valence-electron chi connectivity index (χ0n) is 15.6. The number of aromatic nitrogens is 2. The lowest BCUT2D eigenvalue weighted by molar-refractivity contribution is 0.396. The molecule has 0 saturated heterocycles. The highest BCUT2D eigenvalue weighted by Gasteiger charge is 2.14. The molecule has 0 amide bonds. The maximum absolute atomic E-state index is 6.25. The number of benzene rings is 2. The number of nitrogens with zero attached hydrogens (tertiary/aromatic N) is 2. The predicted molar refractivity (Wildman–Crippen MR) is 111 cm³/mol. The lowest BCUT2D eigenvalue weighted by Crippen LogP contribution is -2.06. The molecule has 4 N–H and O–H groups in total. The average molecular weight is 402 g/mol. The number of methoxy groups -OCH3 is 3. The van der Waals surface area contributed by atoms with Crippen molar-refractivity contribution in [3.63, 3.8) is 0 Å². The smallest absolute Gasteiger partial charge is 0.159 e. The van der Waals surface area contributed by atoms with E-state index in [1.54, 1.807) is 26.4 Å². The van der Waals surface area contributed by atoms with Gasteiger partial charge in [0.25, 0.3) is 0 Å². The molecule has 3 rings (SSSR count). The third kappa shape index (κ3) is 4.12. The lowest BCUT2D eigenvalue weighted by atomic mass is 10.2. The van der Waals surface area contributed by atoms with Crippen molar-refractivity contribution in [1.29, 1.82) is 0 Å². The SMILES string of the molecule is COc1ccc(Nc2ncnc(Nc3cc(Cl)c(OC)cc3OC)c2N)cc1. The van der Waals surface area contributed by atoms with Gasteiger partial charge in [-0.15, -0.1) is 0 Å². The summed E-state index contributed by atoms with van der Waals surface area (Å²) >= 11 is 6.22. The number of nitrogens with two attached hydrogens (primary N) is 1. The van der Waals surface area contributed by atoms with E-state index < -0.39 is 0 Å². The molecule has 1 aromatic heterocycles. The minimum Gasteiger partial charge on any atom is -0.497 e.